The van der Waals surface area contributed by atoms with E-state index >= 15 is 0 Å². The van der Waals surface area contributed by atoms with E-state index in [0.29, 0.717) is 5.75 Å². The number of aromatic carboxylic acids is 1. The van der Waals surface area contributed by atoms with Gasteiger partial charge in [0.15, 0.2) is 0 Å². The zero-order valence-electron chi connectivity index (χ0n) is 9.04. The van der Waals surface area contributed by atoms with Gasteiger partial charge in [0, 0.05) is 6.20 Å². The number of para-hydroxylation sites is 1. The molecule has 1 heterocycles. The van der Waals surface area contributed by atoms with Crippen LogP contribution < -0.4 is 4.74 Å². The van der Waals surface area contributed by atoms with Gasteiger partial charge in [-0.15, -0.1) is 0 Å². The van der Waals surface area contributed by atoms with E-state index in [4.69, 9.17) is 9.84 Å². The standard InChI is InChI=1S/C13H11NO3/c15-13(16)11-6-1-2-7-12(11)17-9-10-5-3-4-8-14-10/h1-8H,9H2,(H,15,16). The van der Waals surface area contributed by atoms with Crippen LogP contribution in [0.4, 0.5) is 0 Å². The summed E-state index contributed by atoms with van der Waals surface area (Å²) in [5.74, 6) is -0.646. The van der Waals surface area contributed by atoms with Crippen LogP contribution in [0.2, 0.25) is 0 Å². The second-order valence-electron chi connectivity index (χ2n) is 3.41. The molecule has 0 saturated heterocycles. The minimum atomic E-state index is -0.998. The fraction of sp³-hybridized carbons (Fsp3) is 0.0769. The molecule has 2 aromatic rings. The molecule has 4 nitrogen and oxygen atoms in total. The highest BCUT2D eigenvalue weighted by atomic mass is 16.5. The molecule has 0 radical (unpaired) electrons. The number of hydrogen-bond donors (Lipinski definition) is 1. The molecule has 2 rings (SSSR count). The molecule has 0 aliphatic rings. The van der Waals surface area contributed by atoms with Crippen LogP contribution in [0.1, 0.15) is 16.1 Å². The highest BCUT2D eigenvalue weighted by Crippen LogP contribution is 2.18. The van der Waals surface area contributed by atoms with Crippen LogP contribution >= 0.6 is 0 Å². The maximum atomic E-state index is 10.9. The number of hydrogen-bond acceptors (Lipinski definition) is 3. The highest BCUT2D eigenvalue weighted by molar-refractivity contribution is 5.90. The van der Waals surface area contributed by atoms with Gasteiger partial charge in [-0.05, 0) is 24.3 Å². The first-order chi connectivity index (χ1) is 8.27. The molecule has 1 aromatic heterocycles. The van der Waals surface area contributed by atoms with Crippen LogP contribution in [0.3, 0.4) is 0 Å². The molecule has 0 spiro atoms. The Kier molecular flexibility index (Phi) is 3.35. The van der Waals surface area contributed by atoms with Gasteiger partial charge in [-0.25, -0.2) is 4.79 Å². The minimum Gasteiger partial charge on any atom is -0.486 e. The number of rotatable bonds is 4. The number of carboxylic acid groups (broad SMARTS) is 1. The molecule has 0 bridgehead atoms. The van der Waals surface area contributed by atoms with E-state index in [2.05, 4.69) is 4.98 Å². The zero-order valence-corrected chi connectivity index (χ0v) is 9.04. The summed E-state index contributed by atoms with van der Waals surface area (Å²) in [6, 6.07) is 12.0. The largest absolute Gasteiger partial charge is 0.486 e. The van der Waals surface area contributed by atoms with Gasteiger partial charge in [-0.2, -0.15) is 0 Å². The van der Waals surface area contributed by atoms with Crippen molar-refractivity contribution >= 4 is 5.97 Å². The Bertz CT molecular complexity index is 511. The van der Waals surface area contributed by atoms with Gasteiger partial charge in [0.1, 0.15) is 17.9 Å². The van der Waals surface area contributed by atoms with Crippen molar-refractivity contribution in [2.45, 2.75) is 6.61 Å². The van der Waals surface area contributed by atoms with E-state index in [1.165, 1.54) is 6.07 Å². The first kappa shape index (κ1) is 11.1. The third kappa shape index (κ3) is 2.81. The van der Waals surface area contributed by atoms with Crippen LogP contribution in [-0.2, 0) is 6.61 Å². The van der Waals surface area contributed by atoms with E-state index < -0.39 is 5.97 Å². The smallest absolute Gasteiger partial charge is 0.339 e. The lowest BCUT2D eigenvalue weighted by molar-refractivity contribution is 0.0691. The maximum Gasteiger partial charge on any atom is 0.339 e. The molecule has 0 saturated carbocycles. The highest BCUT2D eigenvalue weighted by Gasteiger charge is 2.09. The van der Waals surface area contributed by atoms with Gasteiger partial charge >= 0.3 is 5.97 Å². The van der Waals surface area contributed by atoms with E-state index in [1.54, 1.807) is 24.4 Å². The van der Waals surface area contributed by atoms with Crippen molar-refractivity contribution in [3.05, 3.63) is 59.9 Å². The van der Waals surface area contributed by atoms with Gasteiger partial charge < -0.3 is 9.84 Å². The van der Waals surface area contributed by atoms with Crippen LogP contribution in [0.25, 0.3) is 0 Å². The Morgan fingerprint density at radius 2 is 1.94 bits per heavy atom. The Morgan fingerprint density at radius 3 is 2.65 bits per heavy atom. The molecular formula is C13H11NO3. The molecule has 1 N–H and O–H groups in total. The molecule has 0 aliphatic carbocycles. The summed E-state index contributed by atoms with van der Waals surface area (Å²) >= 11 is 0. The van der Waals surface area contributed by atoms with E-state index in [9.17, 15) is 4.79 Å². The fourth-order valence-corrected chi connectivity index (χ4v) is 1.40. The van der Waals surface area contributed by atoms with Gasteiger partial charge in [-0.3, -0.25) is 4.98 Å². The zero-order chi connectivity index (χ0) is 12.1. The summed E-state index contributed by atoms with van der Waals surface area (Å²) in [4.78, 5) is 15.0. The topological polar surface area (TPSA) is 59.4 Å². The molecule has 86 valence electrons. The predicted molar refractivity (Wildman–Crippen MR) is 62.0 cm³/mol. The van der Waals surface area contributed by atoms with Crippen LogP contribution in [0, 0.1) is 0 Å². The number of ether oxygens (including phenoxy) is 1. The van der Waals surface area contributed by atoms with Crippen molar-refractivity contribution in [1.29, 1.82) is 0 Å². The first-order valence-electron chi connectivity index (χ1n) is 5.12. The second-order valence-corrected chi connectivity index (χ2v) is 3.41. The Balaban J connectivity index is 2.12. The Labute approximate surface area is 98.5 Å². The number of benzene rings is 1. The summed E-state index contributed by atoms with van der Waals surface area (Å²) in [6.45, 7) is 0.255. The van der Waals surface area contributed by atoms with Crippen molar-refractivity contribution in [2.75, 3.05) is 0 Å². The molecule has 4 heteroatoms. The quantitative estimate of drug-likeness (QED) is 0.874. The first-order valence-corrected chi connectivity index (χ1v) is 5.12. The van der Waals surface area contributed by atoms with Crippen LogP contribution in [-0.4, -0.2) is 16.1 Å². The van der Waals surface area contributed by atoms with Crippen LogP contribution in [0.5, 0.6) is 5.75 Å². The SMILES string of the molecule is O=C(O)c1ccccc1OCc1ccccn1. The average Bonchev–Trinajstić information content (AvgIpc) is 2.38. The second kappa shape index (κ2) is 5.12. The summed E-state index contributed by atoms with van der Waals surface area (Å²) < 4.78 is 5.44. The summed E-state index contributed by atoms with van der Waals surface area (Å²) in [7, 11) is 0. The average molecular weight is 229 g/mol. The van der Waals surface area contributed by atoms with Crippen molar-refractivity contribution in [3.8, 4) is 5.75 Å². The number of aromatic nitrogens is 1. The Morgan fingerprint density at radius 1 is 1.18 bits per heavy atom. The lowest BCUT2D eigenvalue weighted by Gasteiger charge is -2.08. The number of nitrogens with zero attached hydrogens (tertiary/aromatic N) is 1. The summed E-state index contributed by atoms with van der Waals surface area (Å²) in [5.41, 5.74) is 0.913. The third-order valence-corrected chi connectivity index (χ3v) is 2.22. The molecule has 0 fully saturated rings. The molecule has 1 aromatic carbocycles. The number of carbonyl (C=O) groups is 1. The number of pyridine rings is 1. The van der Waals surface area contributed by atoms with E-state index in [-0.39, 0.29) is 12.2 Å². The van der Waals surface area contributed by atoms with E-state index in [0.717, 1.165) is 5.69 Å². The van der Waals surface area contributed by atoms with Crippen molar-refractivity contribution < 1.29 is 14.6 Å². The van der Waals surface area contributed by atoms with Gasteiger partial charge in [0.05, 0.1) is 5.69 Å². The Hall–Kier alpha value is -2.36. The van der Waals surface area contributed by atoms with E-state index in [1.807, 2.05) is 18.2 Å². The molecular weight excluding hydrogens is 218 g/mol. The normalized spacial score (nSPS) is 9.88. The fourth-order valence-electron chi connectivity index (χ4n) is 1.40. The van der Waals surface area contributed by atoms with Crippen LogP contribution in [0.15, 0.2) is 48.7 Å². The van der Waals surface area contributed by atoms with Crippen molar-refractivity contribution in [2.24, 2.45) is 0 Å². The summed E-state index contributed by atoms with van der Waals surface area (Å²) in [6.07, 6.45) is 1.67. The molecule has 0 aliphatic heterocycles. The minimum absolute atomic E-state index is 0.156. The maximum absolute atomic E-state index is 10.9. The molecule has 0 amide bonds. The van der Waals surface area contributed by atoms with Gasteiger partial charge in [0.2, 0.25) is 0 Å². The molecule has 0 unspecified atom stereocenters. The third-order valence-electron chi connectivity index (χ3n) is 2.22. The lowest BCUT2D eigenvalue weighted by atomic mass is 10.2. The summed E-state index contributed by atoms with van der Waals surface area (Å²) in [5, 5.41) is 8.97. The number of carboxylic acids is 1. The van der Waals surface area contributed by atoms with Crippen molar-refractivity contribution in [1.82, 2.24) is 4.98 Å². The van der Waals surface area contributed by atoms with Gasteiger partial charge in [0.25, 0.3) is 0 Å². The lowest BCUT2D eigenvalue weighted by Crippen LogP contribution is -2.03. The van der Waals surface area contributed by atoms with Crippen molar-refractivity contribution in [3.63, 3.8) is 0 Å². The monoisotopic (exact) mass is 229 g/mol. The molecule has 0 atom stereocenters. The van der Waals surface area contributed by atoms with Gasteiger partial charge in [-0.1, -0.05) is 18.2 Å². The predicted octanol–water partition coefficient (Wildman–Crippen LogP) is 2.36. The molecule has 17 heavy (non-hydrogen) atoms.